The summed E-state index contributed by atoms with van der Waals surface area (Å²) in [6.45, 7) is 0. The average Bonchev–Trinajstić information content (AvgIpc) is 3.32. The number of carboxylic acids is 3. The van der Waals surface area contributed by atoms with Gasteiger partial charge in [0.05, 0.1) is 0 Å². The lowest BCUT2D eigenvalue weighted by Crippen LogP contribution is -2.34. The molecule has 0 spiro atoms. The van der Waals surface area contributed by atoms with Crippen LogP contribution >= 0.6 is 0 Å². The zero-order valence-electron chi connectivity index (χ0n) is 15.4. The highest BCUT2D eigenvalue weighted by atomic mass is 16.4. The van der Waals surface area contributed by atoms with E-state index >= 15 is 0 Å². The van der Waals surface area contributed by atoms with Crippen molar-refractivity contribution in [2.75, 3.05) is 0 Å². The summed E-state index contributed by atoms with van der Waals surface area (Å²) in [5, 5.41) is 52.8. The predicted octanol–water partition coefficient (Wildman–Crippen LogP) is 1.13. The molecule has 3 aliphatic carbocycles. The topological polar surface area (TPSA) is 173 Å². The summed E-state index contributed by atoms with van der Waals surface area (Å²) < 4.78 is 0. The molecule has 0 saturated heterocycles. The van der Waals surface area contributed by atoms with Gasteiger partial charge in [0, 0.05) is 0 Å². The Morgan fingerprint density at radius 3 is 0.667 bits per heavy atom. The molecule has 3 saturated carbocycles. The Morgan fingerprint density at radius 2 is 0.593 bits per heavy atom. The second-order valence-electron chi connectivity index (χ2n) is 7.63. The molecule has 0 atom stereocenters. The van der Waals surface area contributed by atoms with E-state index in [1.165, 1.54) is 0 Å². The Hall–Kier alpha value is -1.71. The third-order valence-corrected chi connectivity index (χ3v) is 5.49. The molecule has 3 fully saturated rings. The number of aliphatic hydroxyl groups is 3. The molecular weight excluding hydrogens is 360 g/mol. The minimum atomic E-state index is -1.39. The molecule has 0 unspecified atom stereocenters. The van der Waals surface area contributed by atoms with Crippen molar-refractivity contribution in [2.45, 2.75) is 93.9 Å². The van der Waals surface area contributed by atoms with E-state index in [2.05, 4.69) is 0 Å². The molecule has 156 valence electrons. The molecule has 3 rings (SSSR count). The van der Waals surface area contributed by atoms with Gasteiger partial charge in [0.2, 0.25) is 0 Å². The van der Waals surface area contributed by atoms with Crippen LogP contribution in [0.5, 0.6) is 0 Å². The van der Waals surface area contributed by atoms with Crippen LogP contribution in [0.4, 0.5) is 0 Å². The van der Waals surface area contributed by atoms with Gasteiger partial charge >= 0.3 is 17.9 Å². The van der Waals surface area contributed by atoms with E-state index in [4.69, 9.17) is 30.6 Å². The van der Waals surface area contributed by atoms with Crippen molar-refractivity contribution in [3.05, 3.63) is 0 Å². The summed E-state index contributed by atoms with van der Waals surface area (Å²) in [6.07, 6.45) is 7.53. The van der Waals surface area contributed by atoms with E-state index in [0.717, 1.165) is 38.5 Å². The largest absolute Gasteiger partial charge is 0.479 e. The van der Waals surface area contributed by atoms with Gasteiger partial charge < -0.3 is 30.6 Å². The van der Waals surface area contributed by atoms with Crippen molar-refractivity contribution in [3.63, 3.8) is 0 Å². The SMILES string of the molecule is O=C(O)C1(O)CCCC1.O=C(O)C1(O)CCCC1.O=C(O)C1(O)CCCC1. The maximum Gasteiger partial charge on any atom is 0.335 e. The van der Waals surface area contributed by atoms with Crippen molar-refractivity contribution >= 4 is 17.9 Å². The monoisotopic (exact) mass is 390 g/mol. The molecule has 9 heteroatoms. The fourth-order valence-electron chi connectivity index (χ4n) is 3.52. The lowest BCUT2D eigenvalue weighted by Gasteiger charge is -2.14. The fraction of sp³-hybridized carbons (Fsp3) is 0.833. The molecule has 0 aromatic rings. The second-order valence-corrected chi connectivity index (χ2v) is 7.63. The number of carbonyl (C=O) groups is 3. The molecular formula is C18H30O9. The molecule has 27 heavy (non-hydrogen) atoms. The summed E-state index contributed by atoms with van der Waals surface area (Å²) >= 11 is 0. The number of hydrogen-bond acceptors (Lipinski definition) is 6. The fourth-order valence-corrected chi connectivity index (χ4v) is 3.52. The van der Waals surface area contributed by atoms with Gasteiger partial charge in [-0.05, 0) is 77.0 Å². The molecule has 0 amide bonds. The highest BCUT2D eigenvalue weighted by Gasteiger charge is 2.39. The van der Waals surface area contributed by atoms with Crippen LogP contribution in [0.15, 0.2) is 0 Å². The van der Waals surface area contributed by atoms with E-state index in [-0.39, 0.29) is 0 Å². The molecule has 0 aromatic heterocycles. The lowest BCUT2D eigenvalue weighted by atomic mass is 10.0. The van der Waals surface area contributed by atoms with Crippen LogP contribution in [0, 0.1) is 0 Å². The van der Waals surface area contributed by atoms with Crippen LogP contribution in [-0.4, -0.2) is 65.4 Å². The number of carboxylic acid groups (broad SMARTS) is 3. The first-order valence-corrected chi connectivity index (χ1v) is 9.33. The van der Waals surface area contributed by atoms with Crippen LogP contribution in [-0.2, 0) is 14.4 Å². The van der Waals surface area contributed by atoms with Gasteiger partial charge in [-0.1, -0.05) is 0 Å². The third-order valence-electron chi connectivity index (χ3n) is 5.49. The van der Waals surface area contributed by atoms with E-state index < -0.39 is 34.7 Å². The molecule has 0 aliphatic heterocycles. The third kappa shape index (κ3) is 6.44. The summed E-state index contributed by atoms with van der Waals surface area (Å²) in [7, 11) is 0. The van der Waals surface area contributed by atoms with Crippen molar-refractivity contribution in [1.29, 1.82) is 0 Å². The Kier molecular flexibility index (Phi) is 8.19. The zero-order valence-corrected chi connectivity index (χ0v) is 15.4. The van der Waals surface area contributed by atoms with Gasteiger partial charge in [-0.15, -0.1) is 0 Å². The average molecular weight is 390 g/mol. The first-order valence-electron chi connectivity index (χ1n) is 9.33. The van der Waals surface area contributed by atoms with Gasteiger partial charge in [0.15, 0.2) is 16.8 Å². The predicted molar refractivity (Wildman–Crippen MR) is 93.2 cm³/mol. The lowest BCUT2D eigenvalue weighted by molar-refractivity contribution is -0.158. The summed E-state index contributed by atoms with van der Waals surface area (Å²) in [5.74, 6) is -3.21. The maximum absolute atomic E-state index is 10.3. The summed E-state index contributed by atoms with van der Waals surface area (Å²) in [6, 6.07) is 0. The minimum absolute atomic E-state index is 0.419. The van der Waals surface area contributed by atoms with E-state index in [1.54, 1.807) is 0 Å². The maximum atomic E-state index is 10.3. The quantitative estimate of drug-likeness (QED) is 0.413. The standard InChI is InChI=1S/3C6H10O3/c3*7-5(8)6(9)3-1-2-4-6/h3*9H,1-4H2,(H,7,8). The number of rotatable bonds is 3. The van der Waals surface area contributed by atoms with Crippen LogP contribution in [0.3, 0.4) is 0 Å². The zero-order chi connectivity index (χ0) is 20.7. The highest BCUT2D eigenvalue weighted by Crippen LogP contribution is 2.30. The van der Waals surface area contributed by atoms with Crippen LogP contribution in [0.2, 0.25) is 0 Å². The molecule has 0 radical (unpaired) electrons. The molecule has 9 nitrogen and oxygen atoms in total. The summed E-state index contributed by atoms with van der Waals surface area (Å²) in [4.78, 5) is 30.8. The molecule has 0 bridgehead atoms. The molecule has 3 aliphatic rings. The molecule has 6 N–H and O–H groups in total. The van der Waals surface area contributed by atoms with Crippen molar-refractivity contribution < 1.29 is 45.0 Å². The summed E-state index contributed by atoms with van der Waals surface area (Å²) in [5.41, 5.74) is -4.17. The van der Waals surface area contributed by atoms with Gasteiger partial charge in [-0.25, -0.2) is 14.4 Å². The Balaban J connectivity index is 0.000000202. The van der Waals surface area contributed by atoms with E-state index in [1.807, 2.05) is 0 Å². The van der Waals surface area contributed by atoms with Gasteiger partial charge in [0.1, 0.15) is 0 Å². The van der Waals surface area contributed by atoms with Crippen LogP contribution in [0.1, 0.15) is 77.0 Å². The van der Waals surface area contributed by atoms with Crippen molar-refractivity contribution in [3.8, 4) is 0 Å². The molecule has 0 heterocycles. The minimum Gasteiger partial charge on any atom is -0.479 e. The van der Waals surface area contributed by atoms with Gasteiger partial charge in [-0.3, -0.25) is 0 Å². The Labute approximate surface area is 157 Å². The van der Waals surface area contributed by atoms with E-state index in [0.29, 0.717) is 38.5 Å². The molecule has 0 aromatic carbocycles. The van der Waals surface area contributed by atoms with Crippen molar-refractivity contribution in [1.82, 2.24) is 0 Å². The Morgan fingerprint density at radius 1 is 0.444 bits per heavy atom. The smallest absolute Gasteiger partial charge is 0.335 e. The number of aliphatic carboxylic acids is 3. The Bertz CT molecular complexity index is 449. The van der Waals surface area contributed by atoms with Crippen molar-refractivity contribution in [2.24, 2.45) is 0 Å². The highest BCUT2D eigenvalue weighted by molar-refractivity contribution is 5.78. The first-order chi connectivity index (χ1) is 12.5. The van der Waals surface area contributed by atoms with Crippen LogP contribution in [0.25, 0.3) is 0 Å². The van der Waals surface area contributed by atoms with Gasteiger partial charge in [0.25, 0.3) is 0 Å². The van der Waals surface area contributed by atoms with Gasteiger partial charge in [-0.2, -0.15) is 0 Å². The normalized spacial score (nSPS) is 24.1. The van der Waals surface area contributed by atoms with Crippen LogP contribution < -0.4 is 0 Å². The second kappa shape index (κ2) is 9.48. The van der Waals surface area contributed by atoms with E-state index in [9.17, 15) is 14.4 Å². The first kappa shape index (κ1) is 23.3. The number of hydrogen-bond donors (Lipinski definition) is 6.